The molecule has 5 heteroatoms. The minimum Gasteiger partial charge on any atom is -0.350 e. The number of rotatable bonds is 3. The van der Waals surface area contributed by atoms with E-state index in [0.717, 1.165) is 0 Å². The van der Waals surface area contributed by atoms with Gasteiger partial charge in [-0.1, -0.05) is 5.92 Å². The average molecular weight is 150 g/mol. The van der Waals surface area contributed by atoms with Gasteiger partial charge in [0.2, 0.25) is 0 Å². The van der Waals surface area contributed by atoms with Crippen LogP contribution in [0, 0.1) is 12.3 Å². The van der Waals surface area contributed by atoms with E-state index in [2.05, 4.69) is 4.74 Å². The van der Waals surface area contributed by atoms with Gasteiger partial charge in [-0.05, 0) is 0 Å². The molecule has 52 valence electrons. The molecule has 0 aromatic carbocycles. The third-order valence-corrected chi connectivity index (χ3v) is 0.882. The first kappa shape index (κ1) is 8.43. The molecule has 0 heterocycles. The van der Waals surface area contributed by atoms with Crippen molar-refractivity contribution in [2.45, 2.75) is 0 Å². The highest BCUT2D eigenvalue weighted by Crippen LogP contribution is 1.81. The van der Waals surface area contributed by atoms with Crippen molar-refractivity contribution < 1.29 is 17.7 Å². The van der Waals surface area contributed by atoms with Crippen LogP contribution in [0.3, 0.4) is 0 Å². The molecular weight excluding hydrogens is 144 g/mol. The van der Waals surface area contributed by atoms with Crippen LogP contribution in [0.15, 0.2) is 0 Å². The van der Waals surface area contributed by atoms with Gasteiger partial charge in [0.15, 0.2) is 5.94 Å². The van der Waals surface area contributed by atoms with Gasteiger partial charge < -0.3 is 4.74 Å². The SMILES string of the molecule is C#CCOCS(=O)(=O)O. The topological polar surface area (TPSA) is 63.6 Å². The molecule has 0 rings (SSSR count). The summed E-state index contributed by atoms with van der Waals surface area (Å²) in [6.45, 7) is -0.111. The van der Waals surface area contributed by atoms with Gasteiger partial charge >= 0.3 is 0 Å². The van der Waals surface area contributed by atoms with Crippen LogP contribution in [0.1, 0.15) is 0 Å². The molecule has 0 atom stereocenters. The van der Waals surface area contributed by atoms with Crippen molar-refractivity contribution >= 4 is 10.1 Å². The zero-order valence-corrected chi connectivity index (χ0v) is 5.39. The summed E-state index contributed by atoms with van der Waals surface area (Å²) in [7, 11) is -4.01. The molecule has 0 saturated heterocycles. The van der Waals surface area contributed by atoms with Gasteiger partial charge in [0.1, 0.15) is 6.61 Å². The molecule has 1 N–H and O–H groups in total. The zero-order chi connectivity index (χ0) is 7.33. The Balaban J connectivity index is 3.44. The maximum atomic E-state index is 9.87. The van der Waals surface area contributed by atoms with Gasteiger partial charge in [0.25, 0.3) is 10.1 Å². The third-order valence-electron chi connectivity index (χ3n) is 0.418. The molecule has 0 aromatic rings. The van der Waals surface area contributed by atoms with Crippen molar-refractivity contribution in [3.63, 3.8) is 0 Å². The summed E-state index contributed by atoms with van der Waals surface area (Å²) in [4.78, 5) is 0. The summed E-state index contributed by atoms with van der Waals surface area (Å²) in [5.41, 5.74) is 0. The van der Waals surface area contributed by atoms with Crippen LogP contribution in [0.2, 0.25) is 0 Å². The molecule has 0 spiro atoms. The monoisotopic (exact) mass is 150 g/mol. The van der Waals surface area contributed by atoms with E-state index in [4.69, 9.17) is 11.0 Å². The van der Waals surface area contributed by atoms with Gasteiger partial charge in [0.05, 0.1) is 0 Å². The van der Waals surface area contributed by atoms with Crippen LogP contribution in [-0.4, -0.2) is 25.5 Å². The third kappa shape index (κ3) is 7.43. The van der Waals surface area contributed by atoms with Gasteiger partial charge in [-0.25, -0.2) is 0 Å². The fourth-order valence-electron chi connectivity index (χ4n) is 0.206. The summed E-state index contributed by atoms with van der Waals surface area (Å²) < 4.78 is 32.0. The molecule has 0 bridgehead atoms. The minimum absolute atomic E-state index is 0.111. The predicted molar refractivity (Wildman–Crippen MR) is 31.2 cm³/mol. The second-order valence-electron chi connectivity index (χ2n) is 1.25. The predicted octanol–water partition coefficient (Wildman–Crippen LogP) is -0.518. The average Bonchev–Trinajstić information content (AvgIpc) is 1.63. The van der Waals surface area contributed by atoms with Crippen molar-refractivity contribution in [2.24, 2.45) is 0 Å². The van der Waals surface area contributed by atoms with Crippen LogP contribution in [0.4, 0.5) is 0 Å². The Hall–Kier alpha value is -0.570. The van der Waals surface area contributed by atoms with Gasteiger partial charge in [-0.2, -0.15) is 8.42 Å². The highest BCUT2D eigenvalue weighted by molar-refractivity contribution is 7.85. The molecule has 4 nitrogen and oxygen atoms in total. The zero-order valence-electron chi connectivity index (χ0n) is 4.57. The van der Waals surface area contributed by atoms with E-state index >= 15 is 0 Å². The summed E-state index contributed by atoms with van der Waals surface area (Å²) in [6, 6.07) is 0. The number of hydrogen-bond acceptors (Lipinski definition) is 3. The largest absolute Gasteiger partial charge is 0.350 e. The molecule has 0 saturated carbocycles. The molecule has 0 aliphatic heterocycles. The van der Waals surface area contributed by atoms with E-state index in [1.165, 1.54) is 0 Å². The van der Waals surface area contributed by atoms with Crippen LogP contribution in [0.25, 0.3) is 0 Å². The highest BCUT2D eigenvalue weighted by Gasteiger charge is 2.01. The van der Waals surface area contributed by atoms with Crippen molar-refractivity contribution in [3.05, 3.63) is 0 Å². The summed E-state index contributed by atoms with van der Waals surface area (Å²) in [5, 5.41) is 0. The van der Waals surface area contributed by atoms with Gasteiger partial charge in [-0.3, -0.25) is 4.55 Å². The Bertz CT molecular complexity index is 197. The van der Waals surface area contributed by atoms with Crippen molar-refractivity contribution in [1.29, 1.82) is 0 Å². The van der Waals surface area contributed by atoms with E-state index in [9.17, 15) is 8.42 Å². The van der Waals surface area contributed by atoms with Crippen molar-refractivity contribution in [1.82, 2.24) is 0 Å². The Morgan fingerprint density at radius 1 is 1.67 bits per heavy atom. The Morgan fingerprint density at radius 2 is 2.22 bits per heavy atom. The Morgan fingerprint density at radius 3 is 2.56 bits per heavy atom. The van der Waals surface area contributed by atoms with E-state index in [-0.39, 0.29) is 6.61 Å². The lowest BCUT2D eigenvalue weighted by Crippen LogP contribution is -2.07. The second-order valence-corrected chi connectivity index (χ2v) is 2.65. The van der Waals surface area contributed by atoms with Crippen LogP contribution in [-0.2, 0) is 14.9 Å². The van der Waals surface area contributed by atoms with Gasteiger partial charge in [0, 0.05) is 0 Å². The van der Waals surface area contributed by atoms with Crippen LogP contribution >= 0.6 is 0 Å². The Labute approximate surface area is 53.6 Å². The molecule has 0 amide bonds. The first-order valence-electron chi connectivity index (χ1n) is 2.02. The highest BCUT2D eigenvalue weighted by atomic mass is 32.2. The lowest BCUT2D eigenvalue weighted by molar-refractivity contribution is 0.207. The molecule has 0 unspecified atom stereocenters. The minimum atomic E-state index is -4.01. The fraction of sp³-hybridized carbons (Fsp3) is 0.500. The molecule has 0 aliphatic carbocycles. The molecular formula is C4H6O4S. The Kier molecular flexibility index (Phi) is 3.24. The maximum Gasteiger partial charge on any atom is 0.289 e. The molecule has 9 heavy (non-hydrogen) atoms. The standard InChI is InChI=1S/C4H6O4S/c1-2-3-8-4-9(5,6)7/h1H,3-4H2,(H,5,6,7). The number of ether oxygens (including phenoxy) is 1. The summed E-state index contributed by atoms with van der Waals surface area (Å²) >= 11 is 0. The van der Waals surface area contributed by atoms with E-state index in [1.807, 2.05) is 5.92 Å². The lowest BCUT2D eigenvalue weighted by atomic mass is 10.8. The quantitative estimate of drug-likeness (QED) is 0.334. The van der Waals surface area contributed by atoms with Crippen LogP contribution < -0.4 is 0 Å². The first-order chi connectivity index (χ1) is 4.06. The number of hydrogen-bond donors (Lipinski definition) is 1. The lowest BCUT2D eigenvalue weighted by Gasteiger charge is -1.93. The van der Waals surface area contributed by atoms with Crippen LogP contribution in [0.5, 0.6) is 0 Å². The molecule has 0 aromatic heterocycles. The fourth-order valence-corrected chi connectivity index (χ4v) is 0.500. The second kappa shape index (κ2) is 3.45. The van der Waals surface area contributed by atoms with Gasteiger partial charge in [-0.15, -0.1) is 6.42 Å². The van der Waals surface area contributed by atoms with E-state index < -0.39 is 16.1 Å². The summed E-state index contributed by atoms with van der Waals surface area (Å²) in [6.07, 6.45) is 4.71. The van der Waals surface area contributed by atoms with E-state index in [1.54, 1.807) is 0 Å². The summed E-state index contributed by atoms with van der Waals surface area (Å²) in [5.74, 6) is 1.30. The molecule has 0 fully saturated rings. The smallest absolute Gasteiger partial charge is 0.289 e. The first-order valence-corrected chi connectivity index (χ1v) is 3.63. The number of terminal acetylenes is 1. The normalized spacial score (nSPS) is 10.7. The molecule has 0 aliphatic rings. The molecule has 0 radical (unpaired) electrons. The maximum absolute atomic E-state index is 9.87. The van der Waals surface area contributed by atoms with Crippen molar-refractivity contribution in [3.8, 4) is 12.3 Å². The van der Waals surface area contributed by atoms with E-state index in [0.29, 0.717) is 0 Å². The van der Waals surface area contributed by atoms with Crippen molar-refractivity contribution in [2.75, 3.05) is 12.5 Å².